The quantitative estimate of drug-likeness (QED) is 0.686. The number of aromatic nitrogens is 1. The van der Waals surface area contributed by atoms with Crippen molar-refractivity contribution in [2.75, 3.05) is 0 Å². The second-order valence-corrected chi connectivity index (χ2v) is 4.05. The molecule has 0 spiro atoms. The Morgan fingerprint density at radius 1 is 1.50 bits per heavy atom. The largest absolute Gasteiger partial charge is 0.436 e. The lowest BCUT2D eigenvalue weighted by atomic mass is 10.2. The molecule has 0 saturated heterocycles. The highest BCUT2D eigenvalue weighted by Crippen LogP contribution is 2.30. The van der Waals surface area contributed by atoms with Gasteiger partial charge in [0.05, 0.1) is 17.6 Å². The monoisotopic (exact) mass is 278 g/mol. The van der Waals surface area contributed by atoms with Gasteiger partial charge in [-0.15, -0.1) is 0 Å². The third kappa shape index (κ3) is 2.72. The van der Waals surface area contributed by atoms with Gasteiger partial charge in [0.25, 0.3) is 5.69 Å². The third-order valence-electron chi connectivity index (χ3n) is 2.67. The highest BCUT2D eigenvalue weighted by molar-refractivity contribution is 5.46. The van der Waals surface area contributed by atoms with Gasteiger partial charge in [-0.05, 0) is 25.1 Å². The summed E-state index contributed by atoms with van der Waals surface area (Å²) in [5, 5.41) is 19.8. The van der Waals surface area contributed by atoms with Crippen LogP contribution in [-0.4, -0.2) is 15.0 Å². The van der Waals surface area contributed by atoms with Crippen molar-refractivity contribution in [3.05, 3.63) is 57.5 Å². The molecule has 1 N–H and O–H groups in total. The summed E-state index contributed by atoms with van der Waals surface area (Å²) in [7, 11) is 0. The van der Waals surface area contributed by atoms with E-state index in [4.69, 9.17) is 9.84 Å². The predicted molar refractivity (Wildman–Crippen MR) is 68.0 cm³/mol. The number of nitro benzene ring substituents is 1. The Kier molecular flexibility index (Phi) is 3.90. The van der Waals surface area contributed by atoms with Gasteiger partial charge in [0.15, 0.2) is 11.6 Å². The molecule has 2 rings (SSSR count). The maximum Gasteiger partial charge on any atom is 0.275 e. The van der Waals surface area contributed by atoms with Crippen molar-refractivity contribution in [1.29, 1.82) is 0 Å². The van der Waals surface area contributed by atoms with Crippen LogP contribution in [-0.2, 0) is 6.61 Å². The van der Waals surface area contributed by atoms with Gasteiger partial charge in [-0.25, -0.2) is 9.37 Å². The molecule has 0 saturated carbocycles. The highest BCUT2D eigenvalue weighted by atomic mass is 19.1. The second kappa shape index (κ2) is 5.62. The average molecular weight is 278 g/mol. The van der Waals surface area contributed by atoms with Crippen molar-refractivity contribution in [2.24, 2.45) is 0 Å². The average Bonchev–Trinajstić information content (AvgIpc) is 2.42. The molecule has 0 amide bonds. The zero-order valence-electron chi connectivity index (χ0n) is 10.5. The van der Waals surface area contributed by atoms with Crippen LogP contribution in [0.25, 0.3) is 0 Å². The van der Waals surface area contributed by atoms with Crippen molar-refractivity contribution >= 4 is 5.69 Å². The molecule has 2 aromatic rings. The van der Waals surface area contributed by atoms with E-state index >= 15 is 0 Å². The highest BCUT2D eigenvalue weighted by Gasteiger charge is 2.17. The fourth-order valence-electron chi connectivity index (χ4n) is 1.66. The van der Waals surface area contributed by atoms with E-state index in [1.165, 1.54) is 19.2 Å². The Labute approximate surface area is 113 Å². The molecule has 0 fully saturated rings. The zero-order valence-corrected chi connectivity index (χ0v) is 10.5. The minimum atomic E-state index is -0.864. The molecule has 1 aromatic carbocycles. The van der Waals surface area contributed by atoms with Gasteiger partial charge >= 0.3 is 0 Å². The number of aryl methyl sites for hydroxylation is 1. The van der Waals surface area contributed by atoms with Crippen LogP contribution >= 0.6 is 0 Å². The van der Waals surface area contributed by atoms with Crippen LogP contribution in [0, 0.1) is 22.9 Å². The van der Waals surface area contributed by atoms with E-state index in [1.54, 1.807) is 12.1 Å². The third-order valence-corrected chi connectivity index (χ3v) is 2.67. The number of pyridine rings is 1. The van der Waals surface area contributed by atoms with Gasteiger partial charge in [0.2, 0.25) is 5.88 Å². The molecule has 0 aliphatic carbocycles. The fourth-order valence-corrected chi connectivity index (χ4v) is 1.66. The lowest BCUT2D eigenvalue weighted by molar-refractivity contribution is -0.385. The van der Waals surface area contributed by atoms with Gasteiger partial charge in [-0.2, -0.15) is 0 Å². The summed E-state index contributed by atoms with van der Waals surface area (Å²) in [4.78, 5) is 13.9. The number of halogens is 1. The number of hydrogen-bond donors (Lipinski definition) is 1. The smallest absolute Gasteiger partial charge is 0.275 e. The van der Waals surface area contributed by atoms with Crippen LogP contribution in [0.1, 0.15) is 11.1 Å². The summed E-state index contributed by atoms with van der Waals surface area (Å²) >= 11 is 0. The summed E-state index contributed by atoms with van der Waals surface area (Å²) < 4.78 is 19.1. The van der Waals surface area contributed by atoms with Crippen LogP contribution < -0.4 is 4.74 Å². The molecule has 0 aliphatic rings. The molecule has 7 heteroatoms. The number of ether oxygens (including phenoxy) is 1. The predicted octanol–water partition coefficient (Wildman–Crippen LogP) is 2.72. The van der Waals surface area contributed by atoms with Crippen LogP contribution in [0.3, 0.4) is 0 Å². The van der Waals surface area contributed by atoms with Crippen LogP contribution in [0.5, 0.6) is 11.6 Å². The number of benzene rings is 1. The Balaban J connectivity index is 2.39. The molecule has 0 bridgehead atoms. The molecule has 1 aromatic heterocycles. The molecule has 0 atom stereocenters. The summed E-state index contributed by atoms with van der Waals surface area (Å²) in [5.41, 5.74) is 0.342. The van der Waals surface area contributed by atoms with Crippen LogP contribution in [0.2, 0.25) is 0 Å². The van der Waals surface area contributed by atoms with E-state index in [9.17, 15) is 14.5 Å². The minimum absolute atomic E-state index is 0.0575. The lowest BCUT2D eigenvalue weighted by Crippen LogP contribution is -1.98. The van der Waals surface area contributed by atoms with E-state index in [0.717, 1.165) is 6.07 Å². The first-order valence-electron chi connectivity index (χ1n) is 5.70. The summed E-state index contributed by atoms with van der Waals surface area (Å²) in [5.74, 6) is -0.986. The first-order chi connectivity index (χ1) is 9.52. The summed E-state index contributed by atoms with van der Waals surface area (Å²) in [6.45, 7) is 1.17. The Morgan fingerprint density at radius 3 is 2.90 bits per heavy atom. The normalized spacial score (nSPS) is 10.3. The van der Waals surface area contributed by atoms with E-state index in [2.05, 4.69) is 4.98 Å². The first kappa shape index (κ1) is 13.9. The van der Waals surface area contributed by atoms with Gasteiger partial charge < -0.3 is 9.84 Å². The molecule has 104 valence electrons. The topological polar surface area (TPSA) is 85.5 Å². The van der Waals surface area contributed by atoms with Gasteiger partial charge in [0.1, 0.15) is 0 Å². The standard InChI is InChI=1S/C13H11FN2O4/c1-8-5-12(10(14)6-11(8)16(18)19)20-13-9(7-17)3-2-4-15-13/h2-6,17H,7H2,1H3. The minimum Gasteiger partial charge on any atom is -0.436 e. The Hall–Kier alpha value is -2.54. The fraction of sp³-hybridized carbons (Fsp3) is 0.154. The van der Waals surface area contributed by atoms with Gasteiger partial charge in [-0.1, -0.05) is 0 Å². The zero-order chi connectivity index (χ0) is 14.7. The van der Waals surface area contributed by atoms with Crippen molar-refractivity contribution in [1.82, 2.24) is 4.98 Å². The van der Waals surface area contributed by atoms with E-state index in [1.807, 2.05) is 0 Å². The van der Waals surface area contributed by atoms with E-state index in [-0.39, 0.29) is 29.5 Å². The number of nitrogens with zero attached hydrogens (tertiary/aromatic N) is 2. The van der Waals surface area contributed by atoms with E-state index in [0.29, 0.717) is 5.56 Å². The van der Waals surface area contributed by atoms with E-state index < -0.39 is 10.7 Å². The number of aliphatic hydroxyl groups is 1. The second-order valence-electron chi connectivity index (χ2n) is 4.05. The Morgan fingerprint density at radius 2 is 2.25 bits per heavy atom. The van der Waals surface area contributed by atoms with Crippen molar-refractivity contribution < 1.29 is 19.2 Å². The SMILES string of the molecule is Cc1cc(Oc2ncccc2CO)c(F)cc1[N+](=O)[O-]. The molecule has 20 heavy (non-hydrogen) atoms. The molecule has 1 heterocycles. The summed E-state index contributed by atoms with van der Waals surface area (Å²) in [6, 6.07) is 5.21. The van der Waals surface area contributed by atoms with Gasteiger partial charge in [0, 0.05) is 17.3 Å². The first-order valence-corrected chi connectivity index (χ1v) is 5.70. The summed E-state index contributed by atoms with van der Waals surface area (Å²) in [6.07, 6.45) is 1.44. The molecule has 6 nitrogen and oxygen atoms in total. The van der Waals surface area contributed by atoms with Gasteiger partial charge in [-0.3, -0.25) is 10.1 Å². The number of nitro groups is 1. The number of hydrogen-bond acceptors (Lipinski definition) is 5. The maximum atomic E-state index is 13.8. The molecule has 0 aliphatic heterocycles. The molecule has 0 radical (unpaired) electrons. The van der Waals surface area contributed by atoms with Crippen molar-refractivity contribution in [2.45, 2.75) is 13.5 Å². The van der Waals surface area contributed by atoms with Crippen molar-refractivity contribution in [3.63, 3.8) is 0 Å². The number of rotatable bonds is 4. The molecular formula is C13H11FN2O4. The molecule has 0 unspecified atom stereocenters. The maximum absolute atomic E-state index is 13.8. The lowest BCUT2D eigenvalue weighted by Gasteiger charge is -2.09. The number of aliphatic hydroxyl groups excluding tert-OH is 1. The Bertz CT molecular complexity index is 661. The van der Waals surface area contributed by atoms with Crippen LogP contribution in [0.4, 0.5) is 10.1 Å². The molecular weight excluding hydrogens is 267 g/mol. The van der Waals surface area contributed by atoms with Crippen molar-refractivity contribution in [3.8, 4) is 11.6 Å². The van der Waals surface area contributed by atoms with Crippen LogP contribution in [0.15, 0.2) is 30.5 Å².